The van der Waals surface area contributed by atoms with E-state index in [2.05, 4.69) is 10.6 Å². The fourth-order valence-corrected chi connectivity index (χ4v) is 2.63. The number of piperazine rings is 1. The van der Waals surface area contributed by atoms with Crippen molar-refractivity contribution in [1.82, 2.24) is 10.6 Å². The van der Waals surface area contributed by atoms with Crippen molar-refractivity contribution in [3.05, 3.63) is 34.9 Å². The Morgan fingerprint density at radius 3 is 2.95 bits per heavy atom. The first-order valence-corrected chi connectivity index (χ1v) is 7.08. The maximum Gasteiger partial charge on any atom is 0.275 e. The first kappa shape index (κ1) is 14.8. The van der Waals surface area contributed by atoms with Crippen LogP contribution in [-0.2, 0) is 9.59 Å². The van der Waals surface area contributed by atoms with Gasteiger partial charge in [-0.15, -0.1) is 0 Å². The second-order valence-corrected chi connectivity index (χ2v) is 5.42. The van der Waals surface area contributed by atoms with Crippen molar-refractivity contribution >= 4 is 23.4 Å². The van der Waals surface area contributed by atoms with Crippen LogP contribution in [0.5, 0.6) is 0 Å². The lowest BCUT2D eigenvalue weighted by atomic mass is 10.1. The summed E-state index contributed by atoms with van der Waals surface area (Å²) in [7, 11) is 0. The molecule has 0 aliphatic carbocycles. The van der Waals surface area contributed by atoms with Crippen LogP contribution in [0.2, 0.25) is 5.02 Å². The molecule has 0 bridgehead atoms. The minimum absolute atomic E-state index is 0.00166. The van der Waals surface area contributed by atoms with Crippen LogP contribution in [0, 0.1) is 0 Å². The molecule has 20 heavy (non-hydrogen) atoms. The van der Waals surface area contributed by atoms with Crippen molar-refractivity contribution < 1.29 is 14.5 Å². The van der Waals surface area contributed by atoms with Gasteiger partial charge in [-0.1, -0.05) is 29.8 Å². The van der Waals surface area contributed by atoms with Crippen LogP contribution in [0.15, 0.2) is 24.3 Å². The zero-order chi connectivity index (χ0) is 14.5. The van der Waals surface area contributed by atoms with Gasteiger partial charge < -0.3 is 15.5 Å². The monoisotopic (exact) mass is 296 g/mol. The van der Waals surface area contributed by atoms with Crippen molar-refractivity contribution in [3.63, 3.8) is 0 Å². The molecule has 0 saturated carbocycles. The van der Waals surface area contributed by atoms with E-state index in [1.807, 2.05) is 25.1 Å². The summed E-state index contributed by atoms with van der Waals surface area (Å²) in [5.74, 6) is -0.0691. The average molecular weight is 297 g/mol. The first-order chi connectivity index (χ1) is 9.56. The molecule has 1 aromatic carbocycles. The minimum atomic E-state index is -0.144. The lowest BCUT2D eigenvalue weighted by Crippen LogP contribution is -3.16. The lowest BCUT2D eigenvalue weighted by Gasteiger charge is -2.24. The molecule has 1 aliphatic rings. The Labute approximate surface area is 123 Å². The molecule has 6 heteroatoms. The van der Waals surface area contributed by atoms with Crippen LogP contribution in [-0.4, -0.2) is 38.0 Å². The van der Waals surface area contributed by atoms with Gasteiger partial charge in [0.2, 0.25) is 0 Å². The highest BCUT2D eigenvalue weighted by atomic mass is 35.5. The summed E-state index contributed by atoms with van der Waals surface area (Å²) in [4.78, 5) is 24.3. The Morgan fingerprint density at radius 1 is 1.50 bits per heavy atom. The van der Waals surface area contributed by atoms with E-state index in [-0.39, 0.29) is 17.9 Å². The summed E-state index contributed by atoms with van der Waals surface area (Å²) in [6.07, 6.45) is 0. The molecular formula is C14H19ClN3O2+. The number of rotatable bonds is 4. The van der Waals surface area contributed by atoms with Gasteiger partial charge in [0, 0.05) is 5.02 Å². The topological polar surface area (TPSA) is 62.6 Å². The predicted octanol–water partition coefficient (Wildman–Crippen LogP) is -0.468. The number of hydrogen-bond acceptors (Lipinski definition) is 2. The van der Waals surface area contributed by atoms with Crippen LogP contribution in [0.3, 0.4) is 0 Å². The highest BCUT2D eigenvalue weighted by molar-refractivity contribution is 6.31. The Bertz CT molecular complexity index is 507. The zero-order valence-corrected chi connectivity index (χ0v) is 12.2. The molecule has 1 aromatic rings. The van der Waals surface area contributed by atoms with Crippen molar-refractivity contribution in [2.45, 2.75) is 13.0 Å². The Morgan fingerprint density at radius 2 is 2.25 bits per heavy atom. The molecule has 1 heterocycles. The summed E-state index contributed by atoms with van der Waals surface area (Å²) in [5.41, 5.74) is 0.897. The van der Waals surface area contributed by atoms with Crippen LogP contribution in [0.1, 0.15) is 18.5 Å². The standard InChI is InChI=1S/C14H18ClN3O2/c1-10(11-4-2-3-5-12(11)15)17-14(20)9-18-7-6-16-13(19)8-18/h2-5,10H,6-9H2,1H3,(H,16,19)(H,17,20)/p+1/t10-/m0/s1. The van der Waals surface area contributed by atoms with E-state index >= 15 is 0 Å². The third-order valence-corrected chi connectivity index (χ3v) is 3.72. The molecule has 1 aliphatic heterocycles. The second kappa shape index (κ2) is 6.72. The van der Waals surface area contributed by atoms with Gasteiger partial charge in [-0.25, -0.2) is 0 Å². The largest absolute Gasteiger partial charge is 0.346 e. The van der Waals surface area contributed by atoms with Crippen LogP contribution < -0.4 is 15.5 Å². The van der Waals surface area contributed by atoms with Gasteiger partial charge in [0.05, 0.1) is 19.1 Å². The van der Waals surface area contributed by atoms with Gasteiger partial charge in [0.25, 0.3) is 11.8 Å². The van der Waals surface area contributed by atoms with Gasteiger partial charge in [0.15, 0.2) is 13.1 Å². The number of carbonyl (C=O) groups is 2. The maximum atomic E-state index is 12.0. The fourth-order valence-electron chi connectivity index (χ4n) is 2.33. The summed E-state index contributed by atoms with van der Waals surface area (Å²) in [6, 6.07) is 7.31. The molecule has 1 unspecified atom stereocenters. The normalized spacial score (nSPS) is 20.1. The summed E-state index contributed by atoms with van der Waals surface area (Å²) in [6.45, 7) is 3.97. The molecule has 1 fully saturated rings. The fraction of sp³-hybridized carbons (Fsp3) is 0.429. The summed E-state index contributed by atoms with van der Waals surface area (Å²) < 4.78 is 0. The number of hydrogen-bond donors (Lipinski definition) is 3. The molecular weight excluding hydrogens is 278 g/mol. The molecule has 108 valence electrons. The van der Waals surface area contributed by atoms with E-state index in [0.717, 1.165) is 17.0 Å². The van der Waals surface area contributed by atoms with E-state index in [1.165, 1.54) is 0 Å². The quantitative estimate of drug-likeness (QED) is 0.704. The van der Waals surface area contributed by atoms with Crippen molar-refractivity contribution in [1.29, 1.82) is 0 Å². The highest BCUT2D eigenvalue weighted by Crippen LogP contribution is 2.21. The minimum Gasteiger partial charge on any atom is -0.346 e. The Balaban J connectivity index is 1.88. The number of halogens is 1. The first-order valence-electron chi connectivity index (χ1n) is 6.70. The molecule has 3 N–H and O–H groups in total. The van der Waals surface area contributed by atoms with Gasteiger partial charge in [-0.3, -0.25) is 9.59 Å². The van der Waals surface area contributed by atoms with Crippen LogP contribution in [0.25, 0.3) is 0 Å². The predicted molar refractivity (Wildman–Crippen MR) is 76.6 cm³/mol. The van der Waals surface area contributed by atoms with E-state index in [4.69, 9.17) is 11.6 Å². The highest BCUT2D eigenvalue weighted by Gasteiger charge is 2.23. The zero-order valence-electron chi connectivity index (χ0n) is 11.4. The van der Waals surface area contributed by atoms with Crippen LogP contribution >= 0.6 is 11.6 Å². The number of benzene rings is 1. The van der Waals surface area contributed by atoms with E-state index in [0.29, 0.717) is 24.7 Å². The molecule has 0 radical (unpaired) electrons. The Kier molecular flexibility index (Phi) is 4.98. The van der Waals surface area contributed by atoms with E-state index in [1.54, 1.807) is 6.07 Å². The third-order valence-electron chi connectivity index (χ3n) is 3.37. The van der Waals surface area contributed by atoms with Crippen molar-refractivity contribution in [2.24, 2.45) is 0 Å². The number of amides is 2. The number of nitrogens with one attached hydrogen (secondary N) is 3. The van der Waals surface area contributed by atoms with Gasteiger partial charge in [0.1, 0.15) is 0 Å². The van der Waals surface area contributed by atoms with Gasteiger partial charge in [-0.2, -0.15) is 0 Å². The van der Waals surface area contributed by atoms with Gasteiger partial charge >= 0.3 is 0 Å². The van der Waals surface area contributed by atoms with Crippen LogP contribution in [0.4, 0.5) is 0 Å². The molecule has 2 amide bonds. The summed E-state index contributed by atoms with van der Waals surface area (Å²) >= 11 is 6.10. The molecule has 0 spiro atoms. The average Bonchev–Trinajstić information content (AvgIpc) is 2.38. The second-order valence-electron chi connectivity index (χ2n) is 5.01. The van der Waals surface area contributed by atoms with Gasteiger partial charge in [-0.05, 0) is 18.6 Å². The lowest BCUT2D eigenvalue weighted by molar-refractivity contribution is -0.885. The third kappa shape index (κ3) is 3.95. The van der Waals surface area contributed by atoms with Crippen molar-refractivity contribution in [2.75, 3.05) is 26.2 Å². The Hall–Kier alpha value is -1.59. The molecule has 5 nitrogen and oxygen atoms in total. The maximum absolute atomic E-state index is 12.0. The molecule has 0 aromatic heterocycles. The smallest absolute Gasteiger partial charge is 0.275 e. The van der Waals surface area contributed by atoms with E-state index < -0.39 is 0 Å². The molecule has 1 saturated heterocycles. The number of quaternary nitrogens is 1. The molecule has 2 rings (SSSR count). The van der Waals surface area contributed by atoms with Crippen molar-refractivity contribution in [3.8, 4) is 0 Å². The summed E-state index contributed by atoms with van der Waals surface area (Å²) in [5, 5.41) is 6.32. The number of carbonyl (C=O) groups excluding carboxylic acids is 2. The molecule has 2 atom stereocenters. The SMILES string of the molecule is C[C@H](NC(=O)C[NH+]1CCNC(=O)C1)c1ccccc1Cl. The van der Waals surface area contributed by atoms with E-state index in [9.17, 15) is 9.59 Å².